The van der Waals surface area contributed by atoms with Crippen molar-refractivity contribution in [3.8, 4) is 10.7 Å². The standard InChI is InChI=1S/C41H59N5O9S2/c1-3-4-5-6-7-8-9-10-11-12-13-14-36(52)43-30(24-35(42)51)33(49)21-27(2)15-16-29(48)23-37(53)46-41(19-20-41)34(50)22-28(47)17-18-38-44-31(25-56-38)39-45-32(26-57-39)40(54)55/h25-27,30H,3-24H2,1-2H3,(H2,42,51)(H,43,52)(H,46,53)(H,54,55)/t27-,30+/m0/s1. The molecule has 57 heavy (non-hydrogen) atoms. The molecule has 1 fully saturated rings. The number of nitrogens with two attached hydrogens (primary N) is 1. The minimum Gasteiger partial charge on any atom is -0.476 e. The molecule has 0 radical (unpaired) electrons. The highest BCUT2D eigenvalue weighted by Crippen LogP contribution is 2.37. The van der Waals surface area contributed by atoms with Crippen LogP contribution in [-0.2, 0) is 40.0 Å². The number of carbonyl (C=O) groups excluding carboxylic acids is 7. The van der Waals surface area contributed by atoms with E-state index in [0.29, 0.717) is 47.8 Å². The monoisotopic (exact) mass is 829 g/mol. The van der Waals surface area contributed by atoms with E-state index in [-0.39, 0.29) is 73.4 Å². The van der Waals surface area contributed by atoms with E-state index in [0.717, 1.165) is 30.6 Å². The number of hydrogen-bond acceptors (Lipinski definition) is 12. The fourth-order valence-corrected chi connectivity index (χ4v) is 8.14. The van der Waals surface area contributed by atoms with Crippen LogP contribution in [0.4, 0.5) is 0 Å². The van der Waals surface area contributed by atoms with Crippen LogP contribution < -0.4 is 16.4 Å². The Balaban J connectivity index is 1.31. The van der Waals surface area contributed by atoms with Gasteiger partial charge in [-0.15, -0.1) is 22.7 Å². The van der Waals surface area contributed by atoms with E-state index >= 15 is 0 Å². The third-order valence-electron chi connectivity index (χ3n) is 10.1. The zero-order chi connectivity index (χ0) is 41.8. The van der Waals surface area contributed by atoms with Gasteiger partial charge < -0.3 is 21.5 Å². The summed E-state index contributed by atoms with van der Waals surface area (Å²) in [6.45, 7) is 3.99. The first kappa shape index (κ1) is 47.2. The number of aromatic nitrogens is 2. The van der Waals surface area contributed by atoms with Gasteiger partial charge in [0.15, 0.2) is 17.3 Å². The number of carbonyl (C=O) groups is 8. The quantitative estimate of drug-likeness (QED) is 0.0461. The van der Waals surface area contributed by atoms with E-state index in [1.807, 2.05) is 0 Å². The molecule has 1 saturated carbocycles. The maximum absolute atomic E-state index is 13.0. The van der Waals surface area contributed by atoms with Crippen molar-refractivity contribution in [1.29, 1.82) is 0 Å². The Bertz CT molecular complexity index is 1700. The van der Waals surface area contributed by atoms with Gasteiger partial charge in [-0.05, 0) is 31.6 Å². The minimum absolute atomic E-state index is 0.0188. The fourth-order valence-electron chi connectivity index (χ4n) is 6.53. The molecular weight excluding hydrogens is 771 g/mol. The molecule has 2 aromatic heterocycles. The van der Waals surface area contributed by atoms with Crippen LogP contribution in [0.3, 0.4) is 0 Å². The molecular formula is C41H59N5O9S2. The first-order chi connectivity index (χ1) is 27.2. The summed E-state index contributed by atoms with van der Waals surface area (Å²) in [6.07, 6.45) is 13.3. The molecule has 0 saturated heterocycles. The van der Waals surface area contributed by atoms with Crippen molar-refractivity contribution in [2.75, 3.05) is 0 Å². The van der Waals surface area contributed by atoms with E-state index < -0.39 is 41.6 Å². The van der Waals surface area contributed by atoms with Crippen LogP contribution in [0.1, 0.15) is 164 Å². The predicted octanol–water partition coefficient (Wildman–Crippen LogP) is 6.47. The number of aryl methyl sites for hydroxylation is 1. The second kappa shape index (κ2) is 24.6. The molecule has 16 heteroatoms. The van der Waals surface area contributed by atoms with Gasteiger partial charge in [0.2, 0.25) is 17.7 Å². The summed E-state index contributed by atoms with van der Waals surface area (Å²) in [7, 11) is 0. The van der Waals surface area contributed by atoms with E-state index in [9.17, 15) is 38.4 Å². The Morgan fingerprint density at radius 2 is 1.42 bits per heavy atom. The number of nitrogens with one attached hydrogen (secondary N) is 2. The van der Waals surface area contributed by atoms with E-state index in [2.05, 4.69) is 27.5 Å². The van der Waals surface area contributed by atoms with E-state index in [4.69, 9.17) is 10.8 Å². The molecule has 0 bridgehead atoms. The minimum atomic E-state index is -1.15. The number of thiazole rings is 2. The lowest BCUT2D eigenvalue weighted by molar-refractivity contribution is -0.134. The van der Waals surface area contributed by atoms with Crippen molar-refractivity contribution in [2.45, 2.75) is 167 Å². The third-order valence-corrected chi connectivity index (χ3v) is 11.9. The third kappa shape index (κ3) is 17.9. The summed E-state index contributed by atoms with van der Waals surface area (Å²) in [6, 6.07) is -1.03. The lowest BCUT2D eigenvalue weighted by atomic mass is 9.93. The molecule has 314 valence electrons. The van der Waals surface area contributed by atoms with Gasteiger partial charge in [0.25, 0.3) is 0 Å². The van der Waals surface area contributed by atoms with Gasteiger partial charge in [0, 0.05) is 42.9 Å². The number of hydrogen-bond donors (Lipinski definition) is 4. The normalized spacial score (nSPS) is 14.0. The van der Waals surface area contributed by atoms with Gasteiger partial charge in [0.05, 0.1) is 35.9 Å². The Morgan fingerprint density at radius 1 is 0.789 bits per heavy atom. The van der Waals surface area contributed by atoms with Crippen molar-refractivity contribution < 1.29 is 43.5 Å². The lowest BCUT2D eigenvalue weighted by Crippen LogP contribution is -2.44. The Hall–Kier alpha value is -4.18. The summed E-state index contributed by atoms with van der Waals surface area (Å²) in [5.41, 5.74) is 4.67. The Labute approximate surface area is 343 Å². The zero-order valence-corrected chi connectivity index (χ0v) is 35.0. The van der Waals surface area contributed by atoms with Crippen molar-refractivity contribution in [1.82, 2.24) is 20.6 Å². The molecule has 2 atom stereocenters. The van der Waals surface area contributed by atoms with Crippen molar-refractivity contribution >= 4 is 69.5 Å². The summed E-state index contributed by atoms with van der Waals surface area (Å²) < 4.78 is 0. The predicted molar refractivity (Wildman–Crippen MR) is 218 cm³/mol. The van der Waals surface area contributed by atoms with Crippen LogP contribution in [0, 0.1) is 5.92 Å². The molecule has 0 spiro atoms. The summed E-state index contributed by atoms with van der Waals surface area (Å²) in [4.78, 5) is 108. The van der Waals surface area contributed by atoms with Gasteiger partial charge in [-0.25, -0.2) is 14.8 Å². The summed E-state index contributed by atoms with van der Waals surface area (Å²) in [5, 5.41) is 18.7. The largest absolute Gasteiger partial charge is 0.476 e. The summed E-state index contributed by atoms with van der Waals surface area (Å²) in [5.74, 6) is -4.41. The second-order valence-corrected chi connectivity index (χ2v) is 17.1. The fraction of sp³-hybridized carbons (Fsp3) is 0.659. The average Bonchev–Trinajstić information content (AvgIpc) is 3.51. The number of Topliss-reactive ketones (excluding diaryl/α,β-unsaturated/α-hetero) is 4. The van der Waals surface area contributed by atoms with Crippen LogP contribution in [0.25, 0.3) is 10.7 Å². The molecule has 1 aliphatic carbocycles. The molecule has 3 rings (SSSR count). The SMILES string of the molecule is CCCCCCCCCCCCCC(=O)N[C@H](CC(N)=O)C(=O)C[C@@H](C)CCC(=O)CC(=O)NC1(C(=O)CC(=O)CCc2nc(-c3nc(C(=O)O)cs3)cs2)CC1. The number of ketones is 4. The van der Waals surface area contributed by atoms with Gasteiger partial charge in [-0.3, -0.25) is 33.6 Å². The van der Waals surface area contributed by atoms with Gasteiger partial charge >= 0.3 is 5.97 Å². The van der Waals surface area contributed by atoms with Crippen LogP contribution in [0.15, 0.2) is 10.8 Å². The highest BCUT2D eigenvalue weighted by molar-refractivity contribution is 7.14. The van der Waals surface area contributed by atoms with E-state index in [1.165, 1.54) is 61.7 Å². The average molecular weight is 830 g/mol. The van der Waals surface area contributed by atoms with Crippen LogP contribution in [0.2, 0.25) is 0 Å². The topological polar surface area (TPSA) is 233 Å². The molecule has 0 aliphatic heterocycles. The first-order valence-electron chi connectivity index (χ1n) is 20.3. The van der Waals surface area contributed by atoms with E-state index in [1.54, 1.807) is 12.3 Å². The highest BCUT2D eigenvalue weighted by Gasteiger charge is 2.50. The number of rotatable bonds is 32. The maximum atomic E-state index is 13.0. The number of carboxylic acids is 1. The first-order valence-corrected chi connectivity index (χ1v) is 22.1. The smallest absolute Gasteiger partial charge is 0.355 e. The zero-order valence-electron chi connectivity index (χ0n) is 33.4. The Morgan fingerprint density at radius 3 is 2.02 bits per heavy atom. The van der Waals surface area contributed by atoms with Crippen molar-refractivity contribution in [3.63, 3.8) is 0 Å². The van der Waals surface area contributed by atoms with Crippen molar-refractivity contribution in [3.05, 3.63) is 21.5 Å². The number of primary amides is 1. The maximum Gasteiger partial charge on any atom is 0.355 e. The molecule has 5 N–H and O–H groups in total. The summed E-state index contributed by atoms with van der Waals surface area (Å²) >= 11 is 2.47. The Kier molecular flexibility index (Phi) is 20.3. The van der Waals surface area contributed by atoms with Crippen LogP contribution in [-0.4, -0.2) is 73.5 Å². The molecule has 0 unspecified atom stereocenters. The number of amides is 3. The number of carboxylic acid groups (broad SMARTS) is 1. The van der Waals surface area contributed by atoms with Gasteiger partial charge in [0.1, 0.15) is 22.3 Å². The highest BCUT2D eigenvalue weighted by atomic mass is 32.1. The molecule has 1 aliphatic rings. The molecule has 2 heterocycles. The van der Waals surface area contributed by atoms with Crippen molar-refractivity contribution in [2.24, 2.45) is 11.7 Å². The number of unbranched alkanes of at least 4 members (excludes halogenated alkanes) is 10. The second-order valence-electron chi connectivity index (χ2n) is 15.3. The number of nitrogens with zero attached hydrogens (tertiary/aromatic N) is 2. The van der Waals surface area contributed by atoms with Crippen LogP contribution in [0.5, 0.6) is 0 Å². The number of aromatic carboxylic acids is 1. The van der Waals surface area contributed by atoms with Crippen LogP contribution >= 0.6 is 22.7 Å². The van der Waals surface area contributed by atoms with Gasteiger partial charge in [-0.1, -0.05) is 78.1 Å². The lowest BCUT2D eigenvalue weighted by Gasteiger charge is -2.19. The molecule has 3 amide bonds. The van der Waals surface area contributed by atoms with Gasteiger partial charge in [-0.2, -0.15) is 0 Å². The molecule has 14 nitrogen and oxygen atoms in total. The molecule has 0 aromatic carbocycles. The molecule has 2 aromatic rings.